The highest BCUT2D eigenvalue weighted by atomic mass is 16.5. The zero-order chi connectivity index (χ0) is 19.8. The van der Waals surface area contributed by atoms with Crippen molar-refractivity contribution in [1.82, 2.24) is 9.97 Å². The van der Waals surface area contributed by atoms with Crippen LogP contribution in [0.1, 0.15) is 28.8 Å². The second-order valence-corrected chi connectivity index (χ2v) is 7.14. The summed E-state index contributed by atoms with van der Waals surface area (Å²) < 4.78 is 5.48. The fourth-order valence-corrected chi connectivity index (χ4v) is 3.37. The van der Waals surface area contributed by atoms with Gasteiger partial charge in [0.2, 0.25) is 0 Å². The van der Waals surface area contributed by atoms with Crippen LogP contribution in [0.2, 0.25) is 0 Å². The highest BCUT2D eigenvalue weighted by Gasteiger charge is 2.32. The maximum Gasteiger partial charge on any atom is 0.320 e. The summed E-state index contributed by atoms with van der Waals surface area (Å²) in [4.78, 5) is 31.1. The number of aromatic amines is 1. The first-order valence-corrected chi connectivity index (χ1v) is 9.15. The summed E-state index contributed by atoms with van der Waals surface area (Å²) in [6.45, 7) is 0. The van der Waals surface area contributed by atoms with Crippen LogP contribution in [-0.4, -0.2) is 40.0 Å². The Hall–Kier alpha value is -3.19. The number of hydrogen-bond acceptors (Lipinski definition) is 5. The van der Waals surface area contributed by atoms with Crippen molar-refractivity contribution >= 4 is 22.8 Å². The van der Waals surface area contributed by atoms with Crippen LogP contribution in [0.5, 0.6) is 5.75 Å². The molecule has 4 rings (SSSR count). The Morgan fingerprint density at radius 1 is 1.36 bits per heavy atom. The number of nitrogens with zero attached hydrogens (tertiary/aromatic N) is 1. The SMILES string of the molecule is COc1ccc(C[C@H](N)C(=O)O)cc1-c1cnc2[nH]cc(C(=O)C3CC3)c2c1. The van der Waals surface area contributed by atoms with Crippen molar-refractivity contribution in [3.63, 3.8) is 0 Å². The Bertz CT molecular complexity index is 1070. The van der Waals surface area contributed by atoms with Crippen LogP contribution in [0.4, 0.5) is 0 Å². The second-order valence-electron chi connectivity index (χ2n) is 7.14. The lowest BCUT2D eigenvalue weighted by Gasteiger charge is -2.13. The molecule has 0 saturated heterocycles. The van der Waals surface area contributed by atoms with Gasteiger partial charge in [-0.25, -0.2) is 4.98 Å². The number of rotatable bonds is 7. The van der Waals surface area contributed by atoms with Crippen molar-refractivity contribution in [2.75, 3.05) is 7.11 Å². The Morgan fingerprint density at radius 2 is 2.14 bits per heavy atom. The number of carbonyl (C=O) groups excluding carboxylic acids is 1. The molecular weight excluding hydrogens is 358 g/mol. The van der Waals surface area contributed by atoms with Crippen molar-refractivity contribution in [2.45, 2.75) is 25.3 Å². The molecule has 0 aliphatic heterocycles. The molecule has 7 nitrogen and oxygen atoms in total. The lowest BCUT2D eigenvalue weighted by molar-refractivity contribution is -0.138. The summed E-state index contributed by atoms with van der Waals surface area (Å²) >= 11 is 0. The van der Waals surface area contributed by atoms with Crippen LogP contribution in [0.25, 0.3) is 22.2 Å². The zero-order valence-electron chi connectivity index (χ0n) is 15.4. The van der Waals surface area contributed by atoms with Gasteiger partial charge in [0.1, 0.15) is 17.4 Å². The van der Waals surface area contributed by atoms with Crippen molar-refractivity contribution < 1.29 is 19.4 Å². The van der Waals surface area contributed by atoms with Crippen molar-refractivity contribution in [3.05, 3.63) is 47.8 Å². The summed E-state index contributed by atoms with van der Waals surface area (Å²) in [6.07, 6.45) is 5.53. The zero-order valence-corrected chi connectivity index (χ0v) is 15.4. The molecule has 1 aliphatic rings. The van der Waals surface area contributed by atoms with Gasteiger partial charge in [0.05, 0.1) is 7.11 Å². The Kier molecular flexibility index (Phi) is 4.60. The molecule has 0 spiro atoms. The van der Waals surface area contributed by atoms with Crippen LogP contribution in [-0.2, 0) is 11.2 Å². The van der Waals surface area contributed by atoms with E-state index in [9.17, 15) is 9.59 Å². The average molecular weight is 379 g/mol. The Labute approximate surface area is 161 Å². The number of Topliss-reactive ketones (excluding diaryl/α,β-unsaturated/α-hetero) is 1. The molecule has 3 aromatic rings. The van der Waals surface area contributed by atoms with Gasteiger partial charge in [-0.1, -0.05) is 6.07 Å². The molecule has 1 atom stereocenters. The summed E-state index contributed by atoms with van der Waals surface area (Å²) in [5, 5.41) is 9.84. The molecule has 1 saturated carbocycles. The molecule has 0 radical (unpaired) electrons. The van der Waals surface area contributed by atoms with Gasteiger partial charge in [0, 0.05) is 40.4 Å². The van der Waals surface area contributed by atoms with E-state index in [2.05, 4.69) is 9.97 Å². The molecule has 2 aromatic heterocycles. The maximum atomic E-state index is 12.6. The molecule has 1 fully saturated rings. The average Bonchev–Trinajstić information content (AvgIpc) is 3.46. The van der Waals surface area contributed by atoms with Gasteiger partial charge in [-0.15, -0.1) is 0 Å². The van der Waals surface area contributed by atoms with Gasteiger partial charge in [-0.05, 0) is 43.0 Å². The minimum Gasteiger partial charge on any atom is -0.496 e. The Balaban J connectivity index is 1.76. The van der Waals surface area contributed by atoms with E-state index in [1.54, 1.807) is 31.6 Å². The molecule has 0 amide bonds. The van der Waals surface area contributed by atoms with Gasteiger partial charge in [-0.2, -0.15) is 0 Å². The second kappa shape index (κ2) is 7.09. The molecule has 0 bridgehead atoms. The smallest absolute Gasteiger partial charge is 0.320 e. The van der Waals surface area contributed by atoms with Crippen LogP contribution in [0.15, 0.2) is 36.7 Å². The van der Waals surface area contributed by atoms with Crippen molar-refractivity contribution in [1.29, 1.82) is 0 Å². The number of hydrogen-bond donors (Lipinski definition) is 3. The van der Waals surface area contributed by atoms with Crippen LogP contribution >= 0.6 is 0 Å². The fourth-order valence-electron chi connectivity index (χ4n) is 3.37. The predicted molar refractivity (Wildman–Crippen MR) is 104 cm³/mol. The topological polar surface area (TPSA) is 118 Å². The van der Waals surface area contributed by atoms with Crippen LogP contribution < -0.4 is 10.5 Å². The maximum absolute atomic E-state index is 12.6. The molecule has 7 heteroatoms. The number of nitrogens with two attached hydrogens (primary N) is 1. The summed E-state index contributed by atoms with van der Waals surface area (Å²) in [5.74, 6) is -0.133. The number of nitrogens with one attached hydrogen (secondary N) is 1. The number of ketones is 1. The number of carboxylic acid groups (broad SMARTS) is 1. The molecule has 1 aromatic carbocycles. The van der Waals surface area contributed by atoms with Gasteiger partial charge < -0.3 is 20.6 Å². The van der Waals surface area contributed by atoms with Gasteiger partial charge in [0.15, 0.2) is 5.78 Å². The van der Waals surface area contributed by atoms with E-state index in [1.807, 2.05) is 12.1 Å². The van der Waals surface area contributed by atoms with E-state index in [-0.39, 0.29) is 18.1 Å². The van der Waals surface area contributed by atoms with E-state index in [4.69, 9.17) is 15.6 Å². The van der Waals surface area contributed by atoms with Gasteiger partial charge in [-0.3, -0.25) is 9.59 Å². The molecule has 0 unspecified atom stereocenters. The van der Waals surface area contributed by atoms with E-state index in [0.717, 1.165) is 34.9 Å². The van der Waals surface area contributed by atoms with Gasteiger partial charge in [0.25, 0.3) is 0 Å². The lowest BCUT2D eigenvalue weighted by Crippen LogP contribution is -2.32. The first-order valence-electron chi connectivity index (χ1n) is 9.15. The van der Waals surface area contributed by atoms with Gasteiger partial charge >= 0.3 is 5.97 Å². The molecule has 144 valence electrons. The first-order chi connectivity index (χ1) is 13.5. The monoisotopic (exact) mass is 379 g/mol. The molecule has 28 heavy (non-hydrogen) atoms. The van der Waals surface area contributed by atoms with Crippen molar-refractivity contribution in [3.8, 4) is 16.9 Å². The van der Waals surface area contributed by atoms with Crippen LogP contribution in [0, 0.1) is 5.92 Å². The number of carboxylic acids is 1. The van der Waals surface area contributed by atoms with Crippen molar-refractivity contribution in [2.24, 2.45) is 11.7 Å². The summed E-state index contributed by atoms with van der Waals surface area (Å²) in [7, 11) is 1.58. The molecule has 2 heterocycles. The molecule has 4 N–H and O–H groups in total. The minimum atomic E-state index is -1.05. The number of benzene rings is 1. The predicted octanol–water partition coefficient (Wildman–Crippen LogP) is 2.79. The molecule has 1 aliphatic carbocycles. The van der Waals surface area contributed by atoms with Crippen LogP contribution in [0.3, 0.4) is 0 Å². The lowest BCUT2D eigenvalue weighted by atomic mass is 9.98. The number of ether oxygens (including phenoxy) is 1. The number of H-pyrrole nitrogens is 1. The largest absolute Gasteiger partial charge is 0.496 e. The third kappa shape index (κ3) is 3.36. The Morgan fingerprint density at radius 3 is 2.82 bits per heavy atom. The van der Waals surface area contributed by atoms with E-state index < -0.39 is 12.0 Å². The number of methoxy groups -OCH3 is 1. The number of aliphatic carboxylic acids is 1. The quantitative estimate of drug-likeness (QED) is 0.543. The summed E-state index contributed by atoms with van der Waals surface area (Å²) in [6, 6.07) is 6.40. The molecular formula is C21H21N3O4. The van der Waals surface area contributed by atoms with E-state index >= 15 is 0 Å². The fraction of sp³-hybridized carbons (Fsp3) is 0.286. The highest BCUT2D eigenvalue weighted by molar-refractivity contribution is 6.09. The standard InChI is InChI=1S/C21H21N3O4/c1-28-18-5-2-11(7-17(22)21(26)27)6-14(18)13-8-15-16(19(25)12-3-4-12)10-24-20(15)23-9-13/h2,5-6,8-10,12,17H,3-4,7,22H2,1H3,(H,23,24)(H,26,27)/t17-/m0/s1. The minimum absolute atomic E-state index is 0.123. The first kappa shape index (κ1) is 18.2. The van der Waals surface area contributed by atoms with E-state index in [1.165, 1.54) is 0 Å². The normalized spacial score (nSPS) is 14.8. The summed E-state index contributed by atoms with van der Waals surface area (Å²) in [5.41, 5.74) is 9.35. The number of fused-ring (bicyclic) bond motifs is 1. The number of pyridine rings is 1. The highest BCUT2D eigenvalue weighted by Crippen LogP contribution is 2.36. The number of aromatic nitrogens is 2. The third-order valence-corrected chi connectivity index (χ3v) is 5.09. The third-order valence-electron chi connectivity index (χ3n) is 5.09. The van der Waals surface area contributed by atoms with E-state index in [0.29, 0.717) is 17.0 Å². The number of carbonyl (C=O) groups is 2.